The van der Waals surface area contributed by atoms with Crippen molar-refractivity contribution in [2.75, 3.05) is 9.80 Å². The molecule has 1 aromatic heterocycles. The standard InChI is InChI=1S/C42H22Cl2N4O7/c43-33-5-1-3-31-35(33)41(51)47(39(31)49)25-11-19-29(20-12-25)53-27-15-7-23(8-16-27)37-45-46-38(55-37)24-9-17-28(18-10-24)54-30-21-13-26(14-22-30)48-40(50)32-4-2-6-34(44)36(32)42(48)52/h1-22H. The number of fused-ring (bicyclic) bond motifs is 2. The van der Waals surface area contributed by atoms with Gasteiger partial charge in [0.15, 0.2) is 0 Å². The number of imide groups is 2. The summed E-state index contributed by atoms with van der Waals surface area (Å²) in [5, 5.41) is 8.87. The van der Waals surface area contributed by atoms with Crippen molar-refractivity contribution in [3.63, 3.8) is 0 Å². The topological polar surface area (TPSA) is 132 Å². The molecule has 11 nitrogen and oxygen atoms in total. The van der Waals surface area contributed by atoms with Crippen LogP contribution in [0.15, 0.2) is 138 Å². The van der Waals surface area contributed by atoms with Gasteiger partial charge in [-0.05, 0) is 121 Å². The molecule has 0 saturated heterocycles. The monoisotopic (exact) mass is 764 g/mol. The molecule has 0 radical (unpaired) electrons. The molecule has 6 aromatic carbocycles. The molecule has 0 fully saturated rings. The van der Waals surface area contributed by atoms with Gasteiger partial charge in [-0.1, -0.05) is 35.3 Å². The molecule has 2 aliphatic rings. The maximum atomic E-state index is 12.9. The zero-order valence-electron chi connectivity index (χ0n) is 28.1. The molecule has 9 rings (SSSR count). The first-order chi connectivity index (χ1) is 26.7. The zero-order valence-corrected chi connectivity index (χ0v) is 29.6. The molecule has 0 saturated carbocycles. The second kappa shape index (κ2) is 13.4. The molecular weight excluding hydrogens is 743 g/mol. The molecule has 4 amide bonds. The lowest BCUT2D eigenvalue weighted by atomic mass is 10.1. The van der Waals surface area contributed by atoms with Crippen molar-refractivity contribution in [1.82, 2.24) is 10.2 Å². The van der Waals surface area contributed by atoms with Crippen molar-refractivity contribution in [1.29, 1.82) is 0 Å². The Morgan fingerprint density at radius 3 is 1.13 bits per heavy atom. The number of benzene rings is 6. The molecule has 0 N–H and O–H groups in total. The molecule has 13 heteroatoms. The number of hydrogen-bond acceptors (Lipinski definition) is 9. The first kappa shape index (κ1) is 33.7. The quantitative estimate of drug-likeness (QED) is 0.139. The molecule has 0 atom stereocenters. The van der Waals surface area contributed by atoms with Crippen molar-refractivity contribution in [2.24, 2.45) is 0 Å². The molecule has 55 heavy (non-hydrogen) atoms. The summed E-state index contributed by atoms with van der Waals surface area (Å²) in [5.74, 6) is 0.912. The fraction of sp³-hybridized carbons (Fsp3) is 0. The number of amides is 4. The Labute approximate surface area is 321 Å². The number of carbonyl (C=O) groups is 4. The lowest BCUT2D eigenvalue weighted by Gasteiger charge is -2.14. The highest BCUT2D eigenvalue weighted by Gasteiger charge is 2.39. The number of halogens is 2. The van der Waals surface area contributed by atoms with Gasteiger partial charge in [0, 0.05) is 11.1 Å². The van der Waals surface area contributed by atoms with E-state index < -0.39 is 23.6 Å². The molecular formula is C42H22Cl2N4O7. The molecule has 0 spiro atoms. The van der Waals surface area contributed by atoms with E-state index >= 15 is 0 Å². The number of ether oxygens (including phenoxy) is 2. The van der Waals surface area contributed by atoms with E-state index in [1.165, 1.54) is 0 Å². The van der Waals surface area contributed by atoms with E-state index in [-0.39, 0.29) is 32.3 Å². The van der Waals surface area contributed by atoms with E-state index in [0.717, 1.165) is 9.80 Å². The molecule has 2 aliphatic heterocycles. The molecule has 7 aromatic rings. The highest BCUT2D eigenvalue weighted by atomic mass is 35.5. The second-order valence-electron chi connectivity index (χ2n) is 12.4. The number of carbonyl (C=O) groups excluding carboxylic acids is 4. The van der Waals surface area contributed by atoms with Crippen molar-refractivity contribution >= 4 is 58.2 Å². The van der Waals surface area contributed by atoms with Gasteiger partial charge in [-0.15, -0.1) is 10.2 Å². The van der Waals surface area contributed by atoms with Crippen molar-refractivity contribution < 1.29 is 33.1 Å². The zero-order chi connectivity index (χ0) is 37.8. The van der Waals surface area contributed by atoms with Gasteiger partial charge in [0.1, 0.15) is 23.0 Å². The Kier molecular flexibility index (Phi) is 8.22. The number of aromatic nitrogens is 2. The Bertz CT molecular complexity index is 2510. The van der Waals surface area contributed by atoms with Crippen LogP contribution in [0.1, 0.15) is 41.4 Å². The summed E-state index contributed by atoms with van der Waals surface area (Å²) in [6.07, 6.45) is 0. The van der Waals surface area contributed by atoms with Gasteiger partial charge < -0.3 is 13.9 Å². The van der Waals surface area contributed by atoms with Crippen molar-refractivity contribution in [3.05, 3.63) is 166 Å². The first-order valence-electron chi connectivity index (χ1n) is 16.7. The predicted molar refractivity (Wildman–Crippen MR) is 203 cm³/mol. The van der Waals surface area contributed by atoms with Crippen molar-refractivity contribution in [3.8, 4) is 45.9 Å². The average molecular weight is 766 g/mol. The molecule has 0 unspecified atom stereocenters. The first-order valence-corrected chi connectivity index (χ1v) is 17.4. The highest BCUT2D eigenvalue weighted by molar-refractivity contribution is 6.43. The van der Waals surface area contributed by atoms with Crippen molar-refractivity contribution in [2.45, 2.75) is 0 Å². The smallest absolute Gasteiger partial charge is 0.267 e. The summed E-state index contributed by atoms with van der Waals surface area (Å²) in [7, 11) is 0. The highest BCUT2D eigenvalue weighted by Crippen LogP contribution is 2.36. The second-order valence-corrected chi connectivity index (χ2v) is 13.2. The van der Waals surface area contributed by atoms with Crippen LogP contribution in [0.4, 0.5) is 11.4 Å². The Morgan fingerprint density at radius 1 is 0.436 bits per heavy atom. The third-order valence-corrected chi connectivity index (χ3v) is 9.65. The number of rotatable bonds is 8. The van der Waals surface area contributed by atoms with Crippen LogP contribution in [0.3, 0.4) is 0 Å². The predicted octanol–water partition coefficient (Wildman–Crippen LogP) is 9.90. The Hall–Kier alpha value is -7.08. The largest absolute Gasteiger partial charge is 0.457 e. The Balaban J connectivity index is 0.819. The van der Waals surface area contributed by atoms with Crippen LogP contribution in [0.25, 0.3) is 22.9 Å². The van der Waals surface area contributed by atoms with Crippen LogP contribution < -0.4 is 19.3 Å². The minimum atomic E-state index is -0.471. The minimum Gasteiger partial charge on any atom is -0.457 e. The fourth-order valence-electron chi connectivity index (χ4n) is 6.34. The molecule has 0 bridgehead atoms. The molecule has 266 valence electrons. The SMILES string of the molecule is O=C1c2cccc(Cl)c2C(=O)N1c1ccc(Oc2ccc(-c3nnc(-c4ccc(Oc5ccc(N6C(=O)c7cccc(Cl)c7C6=O)cc5)cc4)o3)cc2)cc1. The van der Waals surface area contributed by atoms with E-state index in [1.807, 2.05) is 0 Å². The van der Waals surface area contributed by atoms with E-state index in [9.17, 15) is 19.2 Å². The molecule has 3 heterocycles. The van der Waals surface area contributed by atoms with Gasteiger partial charge in [-0.25, -0.2) is 9.80 Å². The maximum Gasteiger partial charge on any atom is 0.267 e. The summed E-state index contributed by atoms with van der Waals surface area (Å²) in [6, 6.07) is 37.0. The van der Waals surface area contributed by atoms with Crippen LogP contribution >= 0.6 is 23.2 Å². The van der Waals surface area contributed by atoms with Crippen LogP contribution in [-0.2, 0) is 0 Å². The van der Waals surface area contributed by atoms with Crippen LogP contribution in [-0.4, -0.2) is 33.8 Å². The number of anilines is 2. The summed E-state index contributed by atoms with van der Waals surface area (Å²) in [4.78, 5) is 53.9. The lowest BCUT2D eigenvalue weighted by molar-refractivity contribution is 0.0910. The van der Waals surface area contributed by atoms with Gasteiger partial charge in [-0.2, -0.15) is 0 Å². The summed E-state index contributed by atoms with van der Waals surface area (Å²) in [5.41, 5.74) is 3.10. The van der Waals surface area contributed by atoms with Gasteiger partial charge in [0.05, 0.1) is 43.7 Å². The van der Waals surface area contributed by atoms with Crippen LogP contribution in [0.5, 0.6) is 23.0 Å². The van der Waals surface area contributed by atoms with E-state index in [0.29, 0.717) is 57.3 Å². The summed E-state index contributed by atoms with van der Waals surface area (Å²) < 4.78 is 17.9. The van der Waals surface area contributed by atoms with Crippen LogP contribution in [0, 0.1) is 0 Å². The van der Waals surface area contributed by atoms with Crippen LogP contribution in [0.2, 0.25) is 10.0 Å². The van der Waals surface area contributed by atoms with E-state index in [1.54, 1.807) is 133 Å². The normalized spacial score (nSPS) is 13.3. The molecule has 0 aliphatic carbocycles. The summed E-state index contributed by atoms with van der Waals surface area (Å²) >= 11 is 12.4. The number of nitrogens with zero attached hydrogens (tertiary/aromatic N) is 4. The minimum absolute atomic E-state index is 0.198. The average Bonchev–Trinajstić information content (AvgIpc) is 3.87. The van der Waals surface area contributed by atoms with Gasteiger partial charge in [-0.3, -0.25) is 19.2 Å². The van der Waals surface area contributed by atoms with Gasteiger partial charge >= 0.3 is 0 Å². The maximum absolute atomic E-state index is 12.9. The number of hydrogen-bond donors (Lipinski definition) is 0. The summed E-state index contributed by atoms with van der Waals surface area (Å²) in [6.45, 7) is 0. The third kappa shape index (κ3) is 5.97. The third-order valence-electron chi connectivity index (χ3n) is 9.02. The van der Waals surface area contributed by atoms with Gasteiger partial charge in [0.25, 0.3) is 23.6 Å². The fourth-order valence-corrected chi connectivity index (χ4v) is 6.85. The Morgan fingerprint density at radius 2 is 0.782 bits per heavy atom. The lowest BCUT2D eigenvalue weighted by Crippen LogP contribution is -2.29. The van der Waals surface area contributed by atoms with Gasteiger partial charge in [0.2, 0.25) is 11.8 Å². The van der Waals surface area contributed by atoms with E-state index in [4.69, 9.17) is 37.1 Å². The van der Waals surface area contributed by atoms with E-state index in [2.05, 4.69) is 10.2 Å².